The zero-order chi connectivity index (χ0) is 22.0. The van der Waals surface area contributed by atoms with E-state index in [-0.39, 0.29) is 6.61 Å². The molecule has 0 saturated heterocycles. The number of carboxylic acid groups (broad SMARTS) is 1. The Labute approximate surface area is 182 Å². The third kappa shape index (κ3) is 4.28. The van der Waals surface area contributed by atoms with E-state index in [1.54, 1.807) is 0 Å². The number of aliphatic hydroxyl groups is 1. The third-order valence-corrected chi connectivity index (χ3v) is 6.47. The highest BCUT2D eigenvalue weighted by atomic mass is 16.5. The van der Waals surface area contributed by atoms with E-state index in [2.05, 4.69) is 24.2 Å². The molecule has 5 heteroatoms. The average molecular weight is 420 g/mol. The highest BCUT2D eigenvalue weighted by Gasteiger charge is 2.51. The molecule has 0 spiro atoms. The van der Waals surface area contributed by atoms with Gasteiger partial charge < -0.3 is 14.7 Å². The maximum Gasteiger partial charge on any atom is 0.314 e. The Balaban J connectivity index is 1.52. The second kappa shape index (κ2) is 8.67. The lowest BCUT2D eigenvalue weighted by atomic mass is 9.92. The smallest absolute Gasteiger partial charge is 0.314 e. The summed E-state index contributed by atoms with van der Waals surface area (Å²) in [6, 6.07) is 16.1. The molecule has 1 heterocycles. The summed E-state index contributed by atoms with van der Waals surface area (Å²) >= 11 is 0. The van der Waals surface area contributed by atoms with Gasteiger partial charge in [-0.3, -0.25) is 4.79 Å². The monoisotopic (exact) mass is 419 g/mol. The predicted octanol–water partition coefficient (Wildman–Crippen LogP) is 5.38. The minimum Gasteiger partial charge on any atom is -0.481 e. The normalized spacial score (nSPS) is 15.6. The molecule has 3 aromatic rings. The lowest BCUT2D eigenvalue weighted by Crippen LogP contribution is -2.19. The fourth-order valence-electron chi connectivity index (χ4n) is 4.29. The summed E-state index contributed by atoms with van der Waals surface area (Å²) in [5.74, 6) is 0.531. The van der Waals surface area contributed by atoms with Gasteiger partial charge in [0, 0.05) is 17.7 Å². The molecule has 4 rings (SSSR count). The van der Waals surface area contributed by atoms with Crippen LogP contribution in [0.5, 0.6) is 0 Å². The van der Waals surface area contributed by atoms with Gasteiger partial charge in [0.25, 0.3) is 0 Å². The summed E-state index contributed by atoms with van der Waals surface area (Å²) in [7, 11) is 0. The van der Waals surface area contributed by atoms with Crippen LogP contribution in [0.3, 0.4) is 0 Å². The van der Waals surface area contributed by atoms with Crippen LogP contribution in [-0.2, 0) is 16.6 Å². The second-order valence-electron chi connectivity index (χ2n) is 8.79. The van der Waals surface area contributed by atoms with E-state index >= 15 is 0 Å². The highest BCUT2D eigenvalue weighted by Crippen LogP contribution is 2.48. The number of carboxylic acids is 1. The number of aromatic nitrogens is 1. The molecular weight excluding hydrogens is 390 g/mol. The fraction of sp³-hybridized carbons (Fsp3) is 0.385. The first-order valence-corrected chi connectivity index (χ1v) is 11.0. The summed E-state index contributed by atoms with van der Waals surface area (Å²) in [6.45, 7) is 4.38. The maximum absolute atomic E-state index is 11.5. The van der Waals surface area contributed by atoms with Crippen molar-refractivity contribution in [3.63, 3.8) is 0 Å². The van der Waals surface area contributed by atoms with Crippen LogP contribution in [-0.4, -0.2) is 27.9 Å². The van der Waals surface area contributed by atoms with Gasteiger partial charge in [-0.05, 0) is 61.6 Å². The summed E-state index contributed by atoms with van der Waals surface area (Å²) in [5.41, 5.74) is 5.39. The van der Waals surface area contributed by atoms with E-state index in [0.29, 0.717) is 18.8 Å². The van der Waals surface area contributed by atoms with Crippen LogP contribution in [0.15, 0.2) is 53.1 Å². The minimum absolute atomic E-state index is 0.222. The number of aliphatic carboxylic acids is 1. The maximum atomic E-state index is 11.5. The van der Waals surface area contributed by atoms with Gasteiger partial charge in [0.15, 0.2) is 5.76 Å². The Morgan fingerprint density at radius 3 is 2.19 bits per heavy atom. The van der Waals surface area contributed by atoms with Gasteiger partial charge in [-0.15, -0.1) is 0 Å². The molecular formula is C26H29NO4. The van der Waals surface area contributed by atoms with E-state index in [0.717, 1.165) is 58.5 Å². The topological polar surface area (TPSA) is 83.6 Å². The summed E-state index contributed by atoms with van der Waals surface area (Å²) in [4.78, 5) is 11.5. The quantitative estimate of drug-likeness (QED) is 0.486. The Kier molecular flexibility index (Phi) is 5.96. The molecule has 1 atom stereocenters. The van der Waals surface area contributed by atoms with Crippen LogP contribution < -0.4 is 0 Å². The standard InChI is InChI=1S/C26H29NO4/c1-17(4-3-15-28)16-23-18(2)27-31-24(23)21-7-5-19(6-8-21)20-9-11-22(12-10-20)26(13-14-26)25(29)30/h5-12,17,28H,3-4,13-16H2,1-2H3,(H,29,30). The molecule has 5 nitrogen and oxygen atoms in total. The molecule has 1 saturated carbocycles. The van der Waals surface area contributed by atoms with Gasteiger partial charge in [-0.2, -0.15) is 0 Å². The average Bonchev–Trinajstić information content (AvgIpc) is 3.53. The number of hydrogen-bond acceptors (Lipinski definition) is 4. The van der Waals surface area contributed by atoms with Gasteiger partial charge in [0.1, 0.15) is 0 Å². The molecule has 1 aliphatic carbocycles. The fourth-order valence-corrected chi connectivity index (χ4v) is 4.29. The van der Waals surface area contributed by atoms with E-state index in [1.807, 2.05) is 43.3 Å². The number of nitrogens with zero attached hydrogens (tertiary/aromatic N) is 1. The molecule has 2 aromatic carbocycles. The number of carbonyl (C=O) groups is 1. The van der Waals surface area contributed by atoms with Crippen molar-refractivity contribution in [2.45, 2.75) is 51.4 Å². The first-order valence-electron chi connectivity index (χ1n) is 11.0. The minimum atomic E-state index is -0.728. The van der Waals surface area contributed by atoms with Crippen molar-refractivity contribution in [3.05, 3.63) is 65.4 Å². The third-order valence-electron chi connectivity index (χ3n) is 6.47. The largest absolute Gasteiger partial charge is 0.481 e. The van der Waals surface area contributed by atoms with E-state index in [4.69, 9.17) is 9.63 Å². The van der Waals surface area contributed by atoms with E-state index < -0.39 is 11.4 Å². The van der Waals surface area contributed by atoms with Crippen molar-refractivity contribution in [2.75, 3.05) is 6.61 Å². The molecule has 0 amide bonds. The van der Waals surface area contributed by atoms with Crippen molar-refractivity contribution in [2.24, 2.45) is 5.92 Å². The number of aliphatic hydroxyl groups excluding tert-OH is 1. The van der Waals surface area contributed by atoms with Crippen molar-refractivity contribution in [1.29, 1.82) is 0 Å². The van der Waals surface area contributed by atoms with Crippen molar-refractivity contribution < 1.29 is 19.5 Å². The number of rotatable bonds is 9. The van der Waals surface area contributed by atoms with Gasteiger partial charge in [0.05, 0.1) is 11.1 Å². The van der Waals surface area contributed by atoms with Gasteiger partial charge >= 0.3 is 5.97 Å². The molecule has 0 aliphatic heterocycles. The van der Waals surface area contributed by atoms with Gasteiger partial charge in [0.2, 0.25) is 0 Å². The molecule has 162 valence electrons. The zero-order valence-corrected chi connectivity index (χ0v) is 18.1. The molecule has 1 aliphatic rings. The SMILES string of the molecule is Cc1noc(-c2ccc(-c3ccc(C4(C(=O)O)CC4)cc3)cc2)c1CC(C)CCCO. The van der Waals surface area contributed by atoms with Gasteiger partial charge in [-0.1, -0.05) is 60.6 Å². The van der Waals surface area contributed by atoms with Crippen LogP contribution in [0.2, 0.25) is 0 Å². The van der Waals surface area contributed by atoms with Crippen molar-refractivity contribution in [1.82, 2.24) is 5.16 Å². The van der Waals surface area contributed by atoms with Gasteiger partial charge in [-0.25, -0.2) is 0 Å². The molecule has 1 aromatic heterocycles. The Morgan fingerprint density at radius 1 is 1.06 bits per heavy atom. The molecule has 0 radical (unpaired) electrons. The van der Waals surface area contributed by atoms with E-state index in [9.17, 15) is 9.90 Å². The van der Waals surface area contributed by atoms with Crippen molar-refractivity contribution >= 4 is 5.97 Å². The van der Waals surface area contributed by atoms with Crippen LogP contribution in [0.4, 0.5) is 0 Å². The Morgan fingerprint density at radius 2 is 1.65 bits per heavy atom. The first kappa shape index (κ1) is 21.3. The Hall–Kier alpha value is -2.92. The van der Waals surface area contributed by atoms with Crippen molar-refractivity contribution in [3.8, 4) is 22.5 Å². The van der Waals surface area contributed by atoms with Crippen LogP contribution in [0, 0.1) is 12.8 Å². The predicted molar refractivity (Wildman–Crippen MR) is 120 cm³/mol. The lowest BCUT2D eigenvalue weighted by molar-refractivity contribution is -0.140. The van der Waals surface area contributed by atoms with Crippen LogP contribution >= 0.6 is 0 Å². The number of benzene rings is 2. The molecule has 1 unspecified atom stereocenters. The van der Waals surface area contributed by atoms with Crippen LogP contribution in [0.25, 0.3) is 22.5 Å². The molecule has 31 heavy (non-hydrogen) atoms. The second-order valence-corrected chi connectivity index (χ2v) is 8.79. The zero-order valence-electron chi connectivity index (χ0n) is 18.1. The highest BCUT2D eigenvalue weighted by molar-refractivity contribution is 5.85. The first-order chi connectivity index (χ1) is 14.9. The number of hydrogen-bond donors (Lipinski definition) is 2. The lowest BCUT2D eigenvalue weighted by Gasteiger charge is -2.12. The summed E-state index contributed by atoms with van der Waals surface area (Å²) < 4.78 is 5.66. The Bertz CT molecular complexity index is 1050. The van der Waals surface area contributed by atoms with Crippen LogP contribution in [0.1, 0.15) is 49.4 Å². The molecule has 0 bridgehead atoms. The van der Waals surface area contributed by atoms with E-state index in [1.165, 1.54) is 0 Å². The molecule has 1 fully saturated rings. The number of aryl methyl sites for hydroxylation is 1. The summed E-state index contributed by atoms with van der Waals surface area (Å²) in [5, 5.41) is 22.7. The summed E-state index contributed by atoms with van der Waals surface area (Å²) in [6.07, 6.45) is 4.08. The molecule has 2 N–H and O–H groups in total.